The number of rotatable bonds is 8. The second-order valence-electron chi connectivity index (χ2n) is 7.83. The summed E-state index contributed by atoms with van der Waals surface area (Å²) in [6.45, 7) is 0.686. The largest absolute Gasteiger partial charge is 0.493 e. The number of nitrogens with one attached hydrogen (secondary N) is 1. The Morgan fingerprint density at radius 1 is 1.03 bits per heavy atom. The maximum absolute atomic E-state index is 13.2. The molecule has 1 aliphatic rings. The maximum Gasteiger partial charge on any atom is 0.255 e. The Labute approximate surface area is 191 Å². The SMILES string of the molecule is COc1ccc([C@H](CC(=O)NCc2ccc(F)cc2)N2Cc3ccccc3C2=O)cc1OC. The van der Waals surface area contributed by atoms with Gasteiger partial charge in [0.05, 0.1) is 26.7 Å². The van der Waals surface area contributed by atoms with Gasteiger partial charge in [-0.05, 0) is 47.0 Å². The van der Waals surface area contributed by atoms with Crippen molar-refractivity contribution in [1.29, 1.82) is 0 Å². The summed E-state index contributed by atoms with van der Waals surface area (Å²) in [6.07, 6.45) is 0.0659. The van der Waals surface area contributed by atoms with Crippen LogP contribution >= 0.6 is 0 Å². The van der Waals surface area contributed by atoms with Crippen LogP contribution in [0.3, 0.4) is 0 Å². The fourth-order valence-electron chi connectivity index (χ4n) is 4.05. The van der Waals surface area contributed by atoms with E-state index in [4.69, 9.17) is 9.47 Å². The van der Waals surface area contributed by atoms with E-state index in [1.807, 2.05) is 24.3 Å². The second kappa shape index (κ2) is 9.73. The third-order valence-electron chi connectivity index (χ3n) is 5.80. The van der Waals surface area contributed by atoms with E-state index in [1.54, 1.807) is 49.5 Å². The van der Waals surface area contributed by atoms with Crippen molar-refractivity contribution < 1.29 is 23.5 Å². The highest BCUT2D eigenvalue weighted by Crippen LogP contribution is 2.37. The van der Waals surface area contributed by atoms with E-state index in [-0.39, 0.29) is 30.6 Å². The Morgan fingerprint density at radius 2 is 1.76 bits per heavy atom. The lowest BCUT2D eigenvalue weighted by Gasteiger charge is -2.28. The van der Waals surface area contributed by atoms with Crippen molar-refractivity contribution in [3.05, 3.63) is 94.8 Å². The van der Waals surface area contributed by atoms with Crippen LogP contribution in [0.15, 0.2) is 66.7 Å². The zero-order valence-electron chi connectivity index (χ0n) is 18.5. The molecule has 1 atom stereocenters. The van der Waals surface area contributed by atoms with Crippen molar-refractivity contribution in [2.45, 2.75) is 25.6 Å². The predicted molar refractivity (Wildman–Crippen MR) is 121 cm³/mol. The van der Waals surface area contributed by atoms with Gasteiger partial charge in [-0.1, -0.05) is 36.4 Å². The summed E-state index contributed by atoms with van der Waals surface area (Å²) >= 11 is 0. The summed E-state index contributed by atoms with van der Waals surface area (Å²) < 4.78 is 23.9. The number of carbonyl (C=O) groups is 2. The monoisotopic (exact) mass is 448 g/mol. The van der Waals surface area contributed by atoms with E-state index in [9.17, 15) is 14.0 Å². The van der Waals surface area contributed by atoms with Crippen molar-refractivity contribution >= 4 is 11.8 Å². The first kappa shape index (κ1) is 22.3. The van der Waals surface area contributed by atoms with E-state index in [2.05, 4.69) is 5.32 Å². The number of hydrogen-bond acceptors (Lipinski definition) is 4. The van der Waals surface area contributed by atoms with E-state index >= 15 is 0 Å². The van der Waals surface area contributed by atoms with Crippen LogP contribution in [0.5, 0.6) is 11.5 Å². The van der Waals surface area contributed by atoms with Crippen LogP contribution < -0.4 is 14.8 Å². The summed E-state index contributed by atoms with van der Waals surface area (Å²) in [5, 5.41) is 2.87. The van der Waals surface area contributed by atoms with Crippen LogP contribution in [0, 0.1) is 5.82 Å². The van der Waals surface area contributed by atoms with Crippen molar-refractivity contribution in [1.82, 2.24) is 10.2 Å². The molecule has 0 unspecified atom stereocenters. The van der Waals surface area contributed by atoms with E-state index in [0.29, 0.717) is 23.6 Å². The molecule has 0 saturated carbocycles. The number of methoxy groups -OCH3 is 2. The molecule has 0 aromatic heterocycles. The van der Waals surface area contributed by atoms with Gasteiger partial charge in [-0.2, -0.15) is 0 Å². The van der Waals surface area contributed by atoms with Crippen molar-refractivity contribution in [2.24, 2.45) is 0 Å². The van der Waals surface area contributed by atoms with Crippen LogP contribution in [0.4, 0.5) is 4.39 Å². The summed E-state index contributed by atoms with van der Waals surface area (Å²) in [5.41, 5.74) is 3.14. The molecule has 0 fully saturated rings. The topological polar surface area (TPSA) is 67.9 Å². The molecule has 1 aliphatic heterocycles. The Bertz CT molecular complexity index is 1160. The lowest BCUT2D eigenvalue weighted by Crippen LogP contribution is -2.34. The highest BCUT2D eigenvalue weighted by molar-refractivity contribution is 5.98. The van der Waals surface area contributed by atoms with Gasteiger partial charge in [0.25, 0.3) is 5.91 Å². The lowest BCUT2D eigenvalue weighted by molar-refractivity contribution is -0.122. The second-order valence-corrected chi connectivity index (χ2v) is 7.83. The van der Waals surface area contributed by atoms with Gasteiger partial charge >= 0.3 is 0 Å². The standard InChI is InChI=1S/C26H25FN2O4/c1-32-23-12-9-18(13-24(23)33-2)22(29-16-19-5-3-4-6-21(19)26(29)31)14-25(30)28-15-17-7-10-20(27)11-8-17/h3-13,22H,14-16H2,1-2H3,(H,28,30)/t22-/m0/s1. The molecule has 33 heavy (non-hydrogen) atoms. The molecule has 0 aliphatic carbocycles. The van der Waals surface area contributed by atoms with Gasteiger partial charge in [0.1, 0.15) is 5.82 Å². The molecule has 2 amide bonds. The fraction of sp³-hybridized carbons (Fsp3) is 0.231. The van der Waals surface area contributed by atoms with Crippen molar-refractivity contribution in [3.63, 3.8) is 0 Å². The number of carbonyl (C=O) groups excluding carboxylic acids is 2. The molecule has 3 aromatic carbocycles. The van der Waals surface area contributed by atoms with E-state index in [1.165, 1.54) is 12.1 Å². The highest BCUT2D eigenvalue weighted by atomic mass is 19.1. The normalized spacial score (nSPS) is 13.4. The van der Waals surface area contributed by atoms with E-state index < -0.39 is 6.04 Å². The average Bonchev–Trinajstić information content (AvgIpc) is 3.18. The Morgan fingerprint density at radius 3 is 2.45 bits per heavy atom. The summed E-state index contributed by atoms with van der Waals surface area (Å²) in [4.78, 5) is 27.8. The first-order chi connectivity index (χ1) is 16.0. The number of benzene rings is 3. The highest BCUT2D eigenvalue weighted by Gasteiger charge is 2.34. The third-order valence-corrected chi connectivity index (χ3v) is 5.80. The molecule has 1 N–H and O–H groups in total. The number of halogens is 1. The number of nitrogens with zero attached hydrogens (tertiary/aromatic N) is 1. The van der Waals surface area contributed by atoms with Crippen LogP contribution in [-0.4, -0.2) is 30.9 Å². The molecule has 0 spiro atoms. The molecule has 1 heterocycles. The third kappa shape index (κ3) is 4.82. The van der Waals surface area contributed by atoms with Crippen LogP contribution in [-0.2, 0) is 17.9 Å². The first-order valence-corrected chi connectivity index (χ1v) is 10.6. The molecule has 0 bridgehead atoms. The molecule has 7 heteroatoms. The molecule has 0 radical (unpaired) electrons. The van der Waals surface area contributed by atoms with Gasteiger partial charge in [0.15, 0.2) is 11.5 Å². The van der Waals surface area contributed by atoms with Gasteiger partial charge in [-0.15, -0.1) is 0 Å². The Kier molecular flexibility index (Phi) is 6.58. The minimum absolute atomic E-state index is 0.0659. The first-order valence-electron chi connectivity index (χ1n) is 10.6. The van der Waals surface area contributed by atoms with Crippen LogP contribution in [0.25, 0.3) is 0 Å². The fourth-order valence-corrected chi connectivity index (χ4v) is 4.05. The number of fused-ring (bicyclic) bond motifs is 1. The van der Waals surface area contributed by atoms with E-state index in [0.717, 1.165) is 16.7 Å². The van der Waals surface area contributed by atoms with Crippen LogP contribution in [0.1, 0.15) is 39.5 Å². The van der Waals surface area contributed by atoms with Gasteiger partial charge in [-0.3, -0.25) is 9.59 Å². The molecule has 4 rings (SSSR count). The molecule has 6 nitrogen and oxygen atoms in total. The average molecular weight is 448 g/mol. The summed E-state index contributed by atoms with van der Waals surface area (Å²) in [6, 6.07) is 18.3. The maximum atomic E-state index is 13.2. The minimum Gasteiger partial charge on any atom is -0.493 e. The number of hydrogen-bond donors (Lipinski definition) is 1. The van der Waals surface area contributed by atoms with Crippen molar-refractivity contribution in [2.75, 3.05) is 14.2 Å². The zero-order valence-corrected chi connectivity index (χ0v) is 18.5. The molecule has 170 valence electrons. The number of ether oxygens (including phenoxy) is 2. The van der Waals surface area contributed by atoms with Gasteiger partial charge in [0.2, 0.25) is 5.91 Å². The Balaban J connectivity index is 1.58. The molecular formula is C26H25FN2O4. The Hall–Kier alpha value is -3.87. The predicted octanol–water partition coefficient (Wildman–Crippen LogP) is 4.25. The number of amides is 2. The van der Waals surface area contributed by atoms with Gasteiger partial charge < -0.3 is 19.7 Å². The molecular weight excluding hydrogens is 423 g/mol. The smallest absolute Gasteiger partial charge is 0.255 e. The quantitative estimate of drug-likeness (QED) is 0.560. The van der Waals surface area contributed by atoms with Crippen molar-refractivity contribution in [3.8, 4) is 11.5 Å². The molecule has 0 saturated heterocycles. The lowest BCUT2D eigenvalue weighted by atomic mass is 10.0. The zero-order chi connectivity index (χ0) is 23.4. The van der Waals surface area contributed by atoms with Gasteiger partial charge in [0, 0.05) is 18.7 Å². The van der Waals surface area contributed by atoms with Gasteiger partial charge in [-0.25, -0.2) is 4.39 Å². The minimum atomic E-state index is -0.502. The molecule has 3 aromatic rings. The van der Waals surface area contributed by atoms with Crippen LogP contribution in [0.2, 0.25) is 0 Å². The summed E-state index contributed by atoms with van der Waals surface area (Å²) in [7, 11) is 3.10. The summed E-state index contributed by atoms with van der Waals surface area (Å²) in [5.74, 6) is 0.429.